The molecule has 0 bridgehead atoms. The molecule has 0 fully saturated rings. The number of aryl methyl sites for hydroxylation is 1. The Kier molecular flexibility index (Phi) is 3.27. The van der Waals surface area contributed by atoms with Gasteiger partial charge >= 0.3 is 0 Å². The second-order valence-corrected chi connectivity index (χ2v) is 5.57. The first-order valence-electron chi connectivity index (χ1n) is 3.52. The third-order valence-corrected chi connectivity index (χ3v) is 3.93. The molecular formula is C7H9BrN2O2S. The van der Waals surface area contributed by atoms with Crippen molar-refractivity contribution in [3.63, 3.8) is 0 Å². The summed E-state index contributed by atoms with van der Waals surface area (Å²) in [4.78, 5) is 3.86. The Balaban J connectivity index is 2.87. The molecule has 1 N–H and O–H groups in total. The van der Waals surface area contributed by atoms with E-state index in [1.165, 1.54) is 0 Å². The number of pyridine rings is 1. The first-order valence-corrected chi connectivity index (χ1v) is 6.30. The lowest BCUT2D eigenvalue weighted by Gasteiger charge is -2.03. The molecule has 1 heterocycles. The molecule has 0 radical (unpaired) electrons. The van der Waals surface area contributed by atoms with Crippen LogP contribution in [-0.2, 0) is 10.0 Å². The van der Waals surface area contributed by atoms with Gasteiger partial charge in [-0.05, 0) is 24.6 Å². The number of alkyl halides is 1. The maximum Gasteiger partial charge on any atom is 0.243 e. The van der Waals surface area contributed by atoms with Crippen LogP contribution >= 0.6 is 15.9 Å². The predicted octanol–water partition coefficient (Wildman–Crippen LogP) is 1.48. The molecule has 1 rings (SSSR count). The SMILES string of the molecule is Cc1ccnc(NS(=O)(=O)CBr)c1. The number of sulfonamides is 1. The zero-order chi connectivity index (χ0) is 9.90. The molecule has 1 aromatic rings. The van der Waals surface area contributed by atoms with Gasteiger partial charge in [-0.15, -0.1) is 0 Å². The van der Waals surface area contributed by atoms with Gasteiger partial charge in [0.05, 0.1) is 0 Å². The summed E-state index contributed by atoms with van der Waals surface area (Å²) in [7, 11) is -3.29. The van der Waals surface area contributed by atoms with Crippen molar-refractivity contribution in [3.05, 3.63) is 23.9 Å². The molecule has 0 aliphatic carbocycles. The minimum atomic E-state index is -3.29. The zero-order valence-electron chi connectivity index (χ0n) is 6.99. The Hall–Kier alpha value is -0.620. The van der Waals surface area contributed by atoms with Crippen LogP contribution in [0.15, 0.2) is 18.3 Å². The highest BCUT2D eigenvalue weighted by Gasteiger charge is 2.07. The van der Waals surface area contributed by atoms with Gasteiger partial charge in [-0.25, -0.2) is 13.4 Å². The second-order valence-electron chi connectivity index (χ2n) is 2.54. The van der Waals surface area contributed by atoms with Crippen molar-refractivity contribution in [2.75, 3.05) is 9.38 Å². The summed E-state index contributed by atoms with van der Waals surface area (Å²) in [6, 6.07) is 3.46. The fourth-order valence-corrected chi connectivity index (χ4v) is 1.61. The smallest absolute Gasteiger partial charge is 0.243 e. The molecular weight excluding hydrogens is 256 g/mol. The third kappa shape index (κ3) is 3.31. The molecule has 0 amide bonds. The van der Waals surface area contributed by atoms with Crippen molar-refractivity contribution in [1.29, 1.82) is 0 Å². The van der Waals surface area contributed by atoms with E-state index in [9.17, 15) is 8.42 Å². The minimum absolute atomic E-state index is 0.129. The van der Waals surface area contributed by atoms with Gasteiger partial charge in [-0.3, -0.25) is 4.72 Å². The maximum absolute atomic E-state index is 11.1. The van der Waals surface area contributed by atoms with Gasteiger partial charge in [-0.1, -0.05) is 15.9 Å². The van der Waals surface area contributed by atoms with Crippen LogP contribution in [0, 0.1) is 6.92 Å². The van der Waals surface area contributed by atoms with Gasteiger partial charge in [0, 0.05) is 6.20 Å². The van der Waals surface area contributed by atoms with E-state index in [2.05, 4.69) is 25.6 Å². The van der Waals surface area contributed by atoms with Crippen molar-refractivity contribution in [2.24, 2.45) is 0 Å². The Bertz CT molecular complexity index is 391. The number of anilines is 1. The highest BCUT2D eigenvalue weighted by atomic mass is 79.9. The lowest BCUT2D eigenvalue weighted by molar-refractivity contribution is 0.606. The molecule has 72 valence electrons. The van der Waals surface area contributed by atoms with Crippen molar-refractivity contribution < 1.29 is 8.42 Å². The Morgan fingerprint density at radius 1 is 1.62 bits per heavy atom. The average Bonchev–Trinajstić information content (AvgIpc) is 2.03. The monoisotopic (exact) mass is 264 g/mol. The number of hydrogen-bond donors (Lipinski definition) is 1. The molecule has 13 heavy (non-hydrogen) atoms. The van der Waals surface area contributed by atoms with E-state index in [0.29, 0.717) is 5.82 Å². The molecule has 0 aliphatic rings. The summed E-state index contributed by atoms with van der Waals surface area (Å²) < 4.78 is 24.4. The number of rotatable bonds is 3. The van der Waals surface area contributed by atoms with E-state index in [0.717, 1.165) is 5.56 Å². The highest BCUT2D eigenvalue weighted by molar-refractivity contribution is 9.10. The topological polar surface area (TPSA) is 59.1 Å². The lowest BCUT2D eigenvalue weighted by atomic mass is 10.3. The molecule has 1 aromatic heterocycles. The van der Waals surface area contributed by atoms with Crippen molar-refractivity contribution in [2.45, 2.75) is 6.92 Å². The second kappa shape index (κ2) is 4.06. The van der Waals surface area contributed by atoms with E-state index >= 15 is 0 Å². The van der Waals surface area contributed by atoms with Crippen LogP contribution in [0.3, 0.4) is 0 Å². The number of halogens is 1. The molecule has 0 unspecified atom stereocenters. The summed E-state index contributed by atoms with van der Waals surface area (Å²) in [6.07, 6.45) is 1.56. The largest absolute Gasteiger partial charge is 0.267 e. The fraction of sp³-hybridized carbons (Fsp3) is 0.286. The van der Waals surface area contributed by atoms with Crippen LogP contribution in [0.1, 0.15) is 5.56 Å². The average molecular weight is 265 g/mol. The van der Waals surface area contributed by atoms with Crippen LogP contribution in [0.25, 0.3) is 0 Å². The van der Waals surface area contributed by atoms with Gasteiger partial charge in [0.25, 0.3) is 0 Å². The fourth-order valence-electron chi connectivity index (χ4n) is 0.779. The quantitative estimate of drug-likeness (QED) is 0.842. The normalized spacial score (nSPS) is 11.2. The predicted molar refractivity (Wildman–Crippen MR) is 55.3 cm³/mol. The maximum atomic E-state index is 11.1. The molecule has 0 saturated carbocycles. The lowest BCUT2D eigenvalue weighted by Crippen LogP contribution is -2.14. The van der Waals surface area contributed by atoms with Crippen LogP contribution in [0.5, 0.6) is 0 Å². The van der Waals surface area contributed by atoms with Crippen LogP contribution in [0.4, 0.5) is 5.82 Å². The third-order valence-electron chi connectivity index (χ3n) is 1.32. The Morgan fingerprint density at radius 3 is 2.85 bits per heavy atom. The van der Waals surface area contributed by atoms with E-state index in [-0.39, 0.29) is 4.66 Å². The van der Waals surface area contributed by atoms with Gasteiger partial charge in [0.2, 0.25) is 10.0 Å². The Labute approximate surface area is 85.6 Å². The van der Waals surface area contributed by atoms with Gasteiger partial charge in [0.1, 0.15) is 10.5 Å². The highest BCUT2D eigenvalue weighted by Crippen LogP contribution is 2.08. The molecule has 4 nitrogen and oxygen atoms in total. The molecule has 0 spiro atoms. The summed E-state index contributed by atoms with van der Waals surface area (Å²) in [6.45, 7) is 1.87. The molecule has 0 aliphatic heterocycles. The van der Waals surface area contributed by atoms with Crippen molar-refractivity contribution >= 4 is 31.8 Å². The zero-order valence-corrected chi connectivity index (χ0v) is 9.39. The summed E-state index contributed by atoms with van der Waals surface area (Å²) in [5, 5.41) is 0. The summed E-state index contributed by atoms with van der Waals surface area (Å²) >= 11 is 2.87. The van der Waals surface area contributed by atoms with E-state index < -0.39 is 10.0 Å². The molecule has 0 aromatic carbocycles. The first-order chi connectivity index (χ1) is 6.03. The van der Waals surface area contributed by atoms with E-state index in [4.69, 9.17) is 0 Å². The number of hydrogen-bond acceptors (Lipinski definition) is 3. The first kappa shape index (κ1) is 10.5. The van der Waals surface area contributed by atoms with E-state index in [1.807, 2.05) is 6.92 Å². The molecule has 0 saturated heterocycles. The minimum Gasteiger partial charge on any atom is -0.267 e. The molecule has 6 heteroatoms. The van der Waals surface area contributed by atoms with Crippen LogP contribution < -0.4 is 4.72 Å². The van der Waals surface area contributed by atoms with Gasteiger partial charge in [0.15, 0.2) is 0 Å². The van der Waals surface area contributed by atoms with Crippen molar-refractivity contribution in [3.8, 4) is 0 Å². The Morgan fingerprint density at radius 2 is 2.31 bits per heavy atom. The summed E-state index contributed by atoms with van der Waals surface area (Å²) in [5.74, 6) is 0.347. The van der Waals surface area contributed by atoms with E-state index in [1.54, 1.807) is 18.3 Å². The number of nitrogens with zero attached hydrogens (tertiary/aromatic N) is 1. The number of aromatic nitrogens is 1. The van der Waals surface area contributed by atoms with Crippen LogP contribution in [0.2, 0.25) is 0 Å². The van der Waals surface area contributed by atoms with Crippen LogP contribution in [-0.4, -0.2) is 18.1 Å². The molecule has 0 atom stereocenters. The van der Waals surface area contributed by atoms with Gasteiger partial charge < -0.3 is 0 Å². The standard InChI is InChI=1S/C7H9BrN2O2S/c1-6-2-3-9-7(4-6)10-13(11,12)5-8/h2-4H,5H2,1H3,(H,9,10). The van der Waals surface area contributed by atoms with Crippen molar-refractivity contribution in [1.82, 2.24) is 4.98 Å². The summed E-state index contributed by atoms with van der Waals surface area (Å²) in [5.41, 5.74) is 0.960. The number of nitrogens with one attached hydrogen (secondary N) is 1. The van der Waals surface area contributed by atoms with Gasteiger partial charge in [-0.2, -0.15) is 0 Å².